The topological polar surface area (TPSA) is 89.5 Å². The zero-order valence-electron chi connectivity index (χ0n) is 13.6. The van der Waals surface area contributed by atoms with Crippen LogP contribution < -0.4 is 9.46 Å². The van der Waals surface area contributed by atoms with Crippen LogP contribution in [0.25, 0.3) is 0 Å². The van der Waals surface area contributed by atoms with Crippen LogP contribution in [0.5, 0.6) is 5.75 Å². The fourth-order valence-corrected chi connectivity index (χ4v) is 3.64. The molecule has 24 heavy (non-hydrogen) atoms. The third-order valence-electron chi connectivity index (χ3n) is 3.04. The van der Waals surface area contributed by atoms with Gasteiger partial charge in [0.2, 0.25) is 0 Å². The summed E-state index contributed by atoms with van der Waals surface area (Å²) in [6, 6.07) is 11.6. The van der Waals surface area contributed by atoms with E-state index in [1.165, 1.54) is 24.3 Å². The van der Waals surface area contributed by atoms with Crippen molar-refractivity contribution < 1.29 is 21.6 Å². The molecule has 2 aromatic carbocycles. The lowest BCUT2D eigenvalue weighted by molar-refractivity contribution is 0.242. The second kappa shape index (κ2) is 6.82. The van der Waals surface area contributed by atoms with Crippen molar-refractivity contribution in [3.05, 3.63) is 48.5 Å². The second-order valence-corrected chi connectivity index (χ2v) is 9.24. The van der Waals surface area contributed by atoms with Crippen molar-refractivity contribution in [3.8, 4) is 5.75 Å². The average Bonchev–Trinajstić information content (AvgIpc) is 2.48. The van der Waals surface area contributed by atoms with Crippen molar-refractivity contribution in [1.29, 1.82) is 0 Å². The van der Waals surface area contributed by atoms with Gasteiger partial charge in [0.05, 0.1) is 15.9 Å². The molecule has 0 heterocycles. The van der Waals surface area contributed by atoms with E-state index < -0.39 is 19.9 Å². The number of hydrogen-bond donors (Lipinski definition) is 1. The van der Waals surface area contributed by atoms with E-state index in [-0.39, 0.29) is 15.9 Å². The van der Waals surface area contributed by atoms with Gasteiger partial charge in [-0.15, -0.1) is 0 Å². The van der Waals surface area contributed by atoms with E-state index >= 15 is 0 Å². The van der Waals surface area contributed by atoms with Crippen molar-refractivity contribution in [3.63, 3.8) is 0 Å². The molecule has 6 nitrogen and oxygen atoms in total. The Hall–Kier alpha value is -2.06. The lowest BCUT2D eigenvalue weighted by Gasteiger charge is -2.11. The van der Waals surface area contributed by atoms with E-state index in [0.717, 1.165) is 6.26 Å². The summed E-state index contributed by atoms with van der Waals surface area (Å²) in [7, 11) is -7.17. The number of hydrogen-bond acceptors (Lipinski definition) is 5. The molecule has 2 aromatic rings. The molecule has 0 aromatic heterocycles. The summed E-state index contributed by atoms with van der Waals surface area (Å²) in [5.41, 5.74) is 0.387. The molecule has 0 aliphatic rings. The van der Waals surface area contributed by atoms with Gasteiger partial charge >= 0.3 is 0 Å². The molecule has 0 saturated heterocycles. The molecular formula is C16H19NO5S2. The maximum absolute atomic E-state index is 12.3. The van der Waals surface area contributed by atoms with Gasteiger partial charge in [0.25, 0.3) is 10.0 Å². The van der Waals surface area contributed by atoms with Crippen LogP contribution in [0.4, 0.5) is 5.69 Å². The van der Waals surface area contributed by atoms with E-state index in [4.69, 9.17) is 4.74 Å². The average molecular weight is 369 g/mol. The van der Waals surface area contributed by atoms with E-state index in [2.05, 4.69) is 4.72 Å². The molecule has 130 valence electrons. The number of anilines is 1. The number of sulfone groups is 1. The summed E-state index contributed by atoms with van der Waals surface area (Å²) in [4.78, 5) is 0.0500. The van der Waals surface area contributed by atoms with Crippen LogP contribution in [-0.4, -0.2) is 29.2 Å². The van der Waals surface area contributed by atoms with Gasteiger partial charge in [0.1, 0.15) is 5.75 Å². The predicted octanol–water partition coefficient (Wildman–Crippen LogP) is 2.68. The fourth-order valence-electron chi connectivity index (χ4n) is 1.95. The Morgan fingerprint density at radius 2 is 1.33 bits per heavy atom. The number of rotatable bonds is 6. The Bertz CT molecular complexity index is 900. The van der Waals surface area contributed by atoms with Gasteiger partial charge in [-0.25, -0.2) is 16.8 Å². The summed E-state index contributed by atoms with van der Waals surface area (Å²) in [5.74, 6) is 0.644. The molecule has 0 fully saturated rings. The van der Waals surface area contributed by atoms with Crippen molar-refractivity contribution in [2.24, 2.45) is 0 Å². The molecule has 0 unspecified atom stereocenters. The maximum atomic E-state index is 12.3. The van der Waals surface area contributed by atoms with Crippen LogP contribution >= 0.6 is 0 Å². The smallest absolute Gasteiger partial charge is 0.261 e. The van der Waals surface area contributed by atoms with E-state index in [1.807, 2.05) is 13.8 Å². The molecule has 1 N–H and O–H groups in total. The van der Waals surface area contributed by atoms with Gasteiger partial charge in [-0.05, 0) is 62.4 Å². The molecule has 0 aliphatic heterocycles. The van der Waals surface area contributed by atoms with Crippen LogP contribution in [0.2, 0.25) is 0 Å². The summed E-state index contributed by atoms with van der Waals surface area (Å²) < 4.78 is 55.4. The molecule has 8 heteroatoms. The predicted molar refractivity (Wildman–Crippen MR) is 92.6 cm³/mol. The molecule has 0 aliphatic carbocycles. The van der Waals surface area contributed by atoms with Crippen molar-refractivity contribution >= 4 is 25.5 Å². The first kappa shape index (κ1) is 18.3. The first-order valence-corrected chi connectivity index (χ1v) is 10.5. The normalized spacial score (nSPS) is 12.2. The molecule has 0 amide bonds. The molecule has 0 spiro atoms. The Labute approximate surface area is 142 Å². The highest BCUT2D eigenvalue weighted by molar-refractivity contribution is 7.92. The van der Waals surface area contributed by atoms with Crippen LogP contribution in [-0.2, 0) is 19.9 Å². The van der Waals surface area contributed by atoms with Crippen molar-refractivity contribution in [2.75, 3.05) is 11.0 Å². The first-order chi connectivity index (χ1) is 11.1. The SMILES string of the molecule is CC(C)Oc1ccc(NS(=O)(=O)c2ccc(S(C)(=O)=O)cc2)cc1. The largest absolute Gasteiger partial charge is 0.491 e. The highest BCUT2D eigenvalue weighted by atomic mass is 32.2. The quantitative estimate of drug-likeness (QED) is 0.845. The number of nitrogens with one attached hydrogen (secondary N) is 1. The van der Waals surface area contributed by atoms with Gasteiger partial charge in [0.15, 0.2) is 9.84 Å². The van der Waals surface area contributed by atoms with Gasteiger partial charge in [0, 0.05) is 11.9 Å². The zero-order valence-corrected chi connectivity index (χ0v) is 15.2. The van der Waals surface area contributed by atoms with Gasteiger partial charge < -0.3 is 4.74 Å². The lowest BCUT2D eigenvalue weighted by atomic mass is 10.3. The standard InChI is InChI=1S/C16H19NO5S2/c1-12(2)22-14-6-4-13(5-7-14)17-24(20,21)16-10-8-15(9-11-16)23(3,18)19/h4-12,17H,1-3H3. The second-order valence-electron chi connectivity index (χ2n) is 5.54. The highest BCUT2D eigenvalue weighted by Gasteiger charge is 2.16. The minimum atomic E-state index is -3.80. The Balaban J connectivity index is 2.19. The fraction of sp³-hybridized carbons (Fsp3) is 0.250. The first-order valence-electron chi connectivity index (χ1n) is 7.17. The number of benzene rings is 2. The van der Waals surface area contributed by atoms with Crippen molar-refractivity contribution in [1.82, 2.24) is 0 Å². The highest BCUT2D eigenvalue weighted by Crippen LogP contribution is 2.21. The van der Waals surface area contributed by atoms with Crippen LogP contribution in [0.3, 0.4) is 0 Å². The Morgan fingerprint density at radius 1 is 0.833 bits per heavy atom. The van der Waals surface area contributed by atoms with E-state index in [1.54, 1.807) is 24.3 Å². The monoisotopic (exact) mass is 369 g/mol. The molecule has 0 bridgehead atoms. The van der Waals surface area contributed by atoms with Crippen LogP contribution in [0.1, 0.15) is 13.8 Å². The van der Waals surface area contributed by atoms with Gasteiger partial charge in [-0.1, -0.05) is 0 Å². The van der Waals surface area contributed by atoms with E-state index in [0.29, 0.717) is 11.4 Å². The zero-order chi connectivity index (χ0) is 18.0. The summed E-state index contributed by atoms with van der Waals surface area (Å²) in [6.07, 6.45) is 1.09. The Morgan fingerprint density at radius 3 is 1.79 bits per heavy atom. The summed E-state index contributed by atoms with van der Waals surface area (Å²) in [6.45, 7) is 3.80. The van der Waals surface area contributed by atoms with Gasteiger partial charge in [-0.3, -0.25) is 4.72 Å². The molecule has 0 radical (unpaired) electrons. The third kappa shape index (κ3) is 4.72. The third-order valence-corrected chi connectivity index (χ3v) is 5.57. The molecule has 0 saturated carbocycles. The van der Waals surface area contributed by atoms with Crippen LogP contribution in [0, 0.1) is 0 Å². The van der Waals surface area contributed by atoms with E-state index in [9.17, 15) is 16.8 Å². The maximum Gasteiger partial charge on any atom is 0.261 e. The number of ether oxygens (including phenoxy) is 1. The molecule has 2 rings (SSSR count). The van der Waals surface area contributed by atoms with Crippen LogP contribution in [0.15, 0.2) is 58.3 Å². The number of sulfonamides is 1. The molecule has 0 atom stereocenters. The molecular weight excluding hydrogens is 350 g/mol. The minimum absolute atomic E-state index is 0.0163. The van der Waals surface area contributed by atoms with Crippen molar-refractivity contribution in [2.45, 2.75) is 29.7 Å². The lowest BCUT2D eigenvalue weighted by Crippen LogP contribution is -2.13. The Kier molecular flexibility index (Phi) is 5.19. The minimum Gasteiger partial charge on any atom is -0.491 e. The summed E-state index contributed by atoms with van der Waals surface area (Å²) in [5, 5.41) is 0. The summed E-state index contributed by atoms with van der Waals surface area (Å²) >= 11 is 0. The van der Waals surface area contributed by atoms with Gasteiger partial charge in [-0.2, -0.15) is 0 Å².